The zero-order chi connectivity index (χ0) is 15.4. The van der Waals surface area contributed by atoms with Gasteiger partial charge in [-0.2, -0.15) is 0 Å². The first-order valence-electron chi connectivity index (χ1n) is 6.63. The van der Waals surface area contributed by atoms with Crippen LogP contribution in [0.2, 0.25) is 5.02 Å². The van der Waals surface area contributed by atoms with Crippen molar-refractivity contribution >= 4 is 43.5 Å². The van der Waals surface area contributed by atoms with E-state index >= 15 is 0 Å². The largest absolute Gasteiger partial charge is 0.310 e. The maximum atomic E-state index is 13.4. The first-order valence-corrected chi connectivity index (χ1v) is 8.60. The fraction of sp³-hybridized carbons (Fsp3) is 0.250. The Balaban J connectivity index is 2.32. The van der Waals surface area contributed by atoms with E-state index < -0.39 is 0 Å². The van der Waals surface area contributed by atoms with Gasteiger partial charge in [0, 0.05) is 20.0 Å². The Morgan fingerprint density at radius 2 is 1.95 bits per heavy atom. The molecular weight excluding hydrogens is 420 g/mol. The van der Waals surface area contributed by atoms with E-state index in [2.05, 4.69) is 43.2 Å². The Morgan fingerprint density at radius 1 is 1.19 bits per heavy atom. The number of rotatable bonds is 5. The standard InChI is InChI=1S/C16H15Br2ClFN/c1-2-21-16(13-5-3-11(17)9-14(13)18)8-10-7-12(20)4-6-15(10)19/h3-7,9,16,21H,2,8H2,1H3. The van der Waals surface area contributed by atoms with Crippen molar-refractivity contribution < 1.29 is 4.39 Å². The van der Waals surface area contributed by atoms with Gasteiger partial charge in [0.2, 0.25) is 0 Å². The van der Waals surface area contributed by atoms with Crippen LogP contribution in [0.25, 0.3) is 0 Å². The Labute approximate surface area is 146 Å². The molecule has 0 radical (unpaired) electrons. The van der Waals surface area contributed by atoms with Crippen LogP contribution in [0.15, 0.2) is 45.3 Å². The molecule has 1 N–H and O–H groups in total. The third-order valence-corrected chi connectivity index (χ3v) is 4.77. The molecule has 1 atom stereocenters. The fourth-order valence-corrected chi connectivity index (χ4v) is 3.76. The quantitative estimate of drug-likeness (QED) is 0.617. The maximum absolute atomic E-state index is 13.4. The van der Waals surface area contributed by atoms with Crippen LogP contribution in [0.5, 0.6) is 0 Å². The highest BCUT2D eigenvalue weighted by Crippen LogP contribution is 2.30. The van der Waals surface area contributed by atoms with Gasteiger partial charge in [0.1, 0.15) is 5.82 Å². The van der Waals surface area contributed by atoms with E-state index in [1.54, 1.807) is 6.07 Å². The summed E-state index contributed by atoms with van der Waals surface area (Å²) in [5, 5.41) is 4.02. The Morgan fingerprint density at radius 3 is 2.62 bits per heavy atom. The van der Waals surface area contributed by atoms with Crippen molar-refractivity contribution in [1.29, 1.82) is 0 Å². The second-order valence-electron chi connectivity index (χ2n) is 4.72. The molecule has 1 unspecified atom stereocenters. The zero-order valence-electron chi connectivity index (χ0n) is 11.5. The van der Waals surface area contributed by atoms with Gasteiger partial charge in [-0.15, -0.1) is 0 Å². The third kappa shape index (κ3) is 4.52. The average Bonchev–Trinajstić information content (AvgIpc) is 2.42. The van der Waals surface area contributed by atoms with Crippen LogP contribution in [0.1, 0.15) is 24.1 Å². The smallest absolute Gasteiger partial charge is 0.123 e. The highest BCUT2D eigenvalue weighted by atomic mass is 79.9. The van der Waals surface area contributed by atoms with Gasteiger partial charge < -0.3 is 5.32 Å². The molecule has 0 aliphatic rings. The van der Waals surface area contributed by atoms with Crippen LogP contribution in [-0.2, 0) is 6.42 Å². The number of nitrogens with one attached hydrogen (secondary N) is 1. The molecule has 0 fully saturated rings. The molecule has 5 heteroatoms. The molecule has 0 saturated heterocycles. The van der Waals surface area contributed by atoms with Crippen molar-refractivity contribution in [1.82, 2.24) is 5.32 Å². The highest BCUT2D eigenvalue weighted by molar-refractivity contribution is 9.11. The summed E-state index contributed by atoms with van der Waals surface area (Å²) in [5.41, 5.74) is 1.93. The van der Waals surface area contributed by atoms with Crippen molar-refractivity contribution in [3.05, 3.63) is 67.3 Å². The van der Waals surface area contributed by atoms with Gasteiger partial charge >= 0.3 is 0 Å². The monoisotopic (exact) mass is 433 g/mol. The van der Waals surface area contributed by atoms with E-state index in [1.807, 2.05) is 19.1 Å². The molecule has 0 aromatic heterocycles. The number of hydrogen-bond donors (Lipinski definition) is 1. The number of likely N-dealkylation sites (N-methyl/N-ethyl adjacent to an activating group) is 1. The average molecular weight is 436 g/mol. The molecule has 21 heavy (non-hydrogen) atoms. The first kappa shape index (κ1) is 16.9. The molecule has 0 saturated carbocycles. The van der Waals surface area contributed by atoms with E-state index in [0.29, 0.717) is 11.4 Å². The summed E-state index contributed by atoms with van der Waals surface area (Å²) in [7, 11) is 0. The van der Waals surface area contributed by atoms with Gasteiger partial charge in [0.15, 0.2) is 0 Å². The van der Waals surface area contributed by atoms with Crippen LogP contribution in [-0.4, -0.2) is 6.54 Å². The molecule has 2 aromatic carbocycles. The molecule has 0 bridgehead atoms. The minimum absolute atomic E-state index is 0.0665. The van der Waals surface area contributed by atoms with Crippen LogP contribution < -0.4 is 5.32 Å². The highest BCUT2D eigenvalue weighted by Gasteiger charge is 2.16. The van der Waals surface area contributed by atoms with Gasteiger partial charge in [-0.25, -0.2) is 4.39 Å². The topological polar surface area (TPSA) is 12.0 Å². The second-order valence-corrected chi connectivity index (χ2v) is 6.89. The van der Waals surface area contributed by atoms with Crippen LogP contribution in [0.4, 0.5) is 4.39 Å². The molecule has 1 nitrogen and oxygen atoms in total. The maximum Gasteiger partial charge on any atom is 0.123 e. The second kappa shape index (κ2) is 7.73. The number of hydrogen-bond acceptors (Lipinski definition) is 1. The van der Waals surface area contributed by atoms with E-state index in [-0.39, 0.29) is 11.9 Å². The van der Waals surface area contributed by atoms with Crippen molar-refractivity contribution in [2.24, 2.45) is 0 Å². The normalized spacial score (nSPS) is 12.4. The SMILES string of the molecule is CCNC(Cc1cc(F)ccc1Cl)c1ccc(Br)cc1Br. The van der Waals surface area contributed by atoms with Crippen LogP contribution >= 0.6 is 43.5 Å². The summed E-state index contributed by atoms with van der Waals surface area (Å²) in [5.74, 6) is -0.264. The summed E-state index contributed by atoms with van der Waals surface area (Å²) in [6.45, 7) is 2.87. The number of benzene rings is 2. The summed E-state index contributed by atoms with van der Waals surface area (Å²) in [4.78, 5) is 0. The molecule has 2 rings (SSSR count). The van der Waals surface area contributed by atoms with E-state index in [9.17, 15) is 4.39 Å². The molecule has 0 aliphatic heterocycles. The van der Waals surface area contributed by atoms with E-state index in [0.717, 1.165) is 26.6 Å². The van der Waals surface area contributed by atoms with Gasteiger partial charge in [-0.3, -0.25) is 0 Å². The van der Waals surface area contributed by atoms with Gasteiger partial charge in [-0.1, -0.05) is 56.5 Å². The number of halogens is 4. The first-order chi connectivity index (χ1) is 10.0. The minimum atomic E-state index is -0.264. The molecule has 0 heterocycles. The summed E-state index contributed by atoms with van der Waals surface area (Å²) in [6, 6.07) is 10.6. The molecule has 0 amide bonds. The minimum Gasteiger partial charge on any atom is -0.310 e. The molecule has 112 valence electrons. The van der Waals surface area contributed by atoms with Gasteiger partial charge in [0.05, 0.1) is 0 Å². The lowest BCUT2D eigenvalue weighted by atomic mass is 9.98. The third-order valence-electron chi connectivity index (χ3n) is 3.22. The van der Waals surface area contributed by atoms with Crippen molar-refractivity contribution in [2.75, 3.05) is 6.54 Å². The molecule has 0 spiro atoms. The Hall–Kier alpha value is -0.420. The Kier molecular flexibility index (Phi) is 6.23. The van der Waals surface area contributed by atoms with Crippen LogP contribution in [0.3, 0.4) is 0 Å². The van der Waals surface area contributed by atoms with Crippen LogP contribution in [0, 0.1) is 5.82 Å². The van der Waals surface area contributed by atoms with Crippen molar-refractivity contribution in [2.45, 2.75) is 19.4 Å². The lowest BCUT2D eigenvalue weighted by Gasteiger charge is -2.21. The predicted octanol–water partition coefficient (Wildman–Crippen LogP) is 5.90. The zero-order valence-corrected chi connectivity index (χ0v) is 15.4. The molecule has 0 aliphatic carbocycles. The lowest BCUT2D eigenvalue weighted by Crippen LogP contribution is -2.23. The summed E-state index contributed by atoms with van der Waals surface area (Å²) in [6.07, 6.45) is 0.630. The van der Waals surface area contributed by atoms with Gasteiger partial charge in [-0.05, 0) is 54.4 Å². The predicted molar refractivity (Wildman–Crippen MR) is 93.4 cm³/mol. The molecule has 2 aromatic rings. The molecular formula is C16H15Br2ClFN. The van der Waals surface area contributed by atoms with Crippen molar-refractivity contribution in [3.8, 4) is 0 Å². The summed E-state index contributed by atoms with van der Waals surface area (Å²) < 4.78 is 15.4. The summed E-state index contributed by atoms with van der Waals surface area (Å²) >= 11 is 13.2. The van der Waals surface area contributed by atoms with E-state index in [4.69, 9.17) is 11.6 Å². The van der Waals surface area contributed by atoms with Gasteiger partial charge in [0.25, 0.3) is 0 Å². The lowest BCUT2D eigenvalue weighted by molar-refractivity contribution is 0.545. The van der Waals surface area contributed by atoms with E-state index in [1.165, 1.54) is 12.1 Å². The fourth-order valence-electron chi connectivity index (χ4n) is 2.24. The Bertz CT molecular complexity index is 634. The van der Waals surface area contributed by atoms with Crippen molar-refractivity contribution in [3.63, 3.8) is 0 Å².